The standard InChI is InChI=1S/C9H13BrN4O2/c1-9(2,8(11)16)4-12-5-3-13-14-7(15)6(5)10/h3H,4H2,1-2H3,(H2,11,16)(H2,12,14,15). The number of nitrogens with zero attached hydrogens (tertiary/aromatic N) is 1. The van der Waals surface area contributed by atoms with Crippen molar-refractivity contribution in [1.29, 1.82) is 0 Å². The summed E-state index contributed by atoms with van der Waals surface area (Å²) < 4.78 is 0.350. The third-order valence-corrected chi connectivity index (χ3v) is 2.97. The fraction of sp³-hybridized carbons (Fsp3) is 0.444. The number of halogens is 1. The van der Waals surface area contributed by atoms with Crippen LogP contribution in [-0.4, -0.2) is 22.6 Å². The number of rotatable bonds is 4. The van der Waals surface area contributed by atoms with Gasteiger partial charge in [-0.1, -0.05) is 0 Å². The van der Waals surface area contributed by atoms with Crippen molar-refractivity contribution in [3.05, 3.63) is 21.0 Å². The Kier molecular flexibility index (Phi) is 3.69. The number of anilines is 1. The Balaban J connectivity index is 2.80. The molecule has 0 saturated carbocycles. The minimum absolute atomic E-state index is 0.325. The minimum Gasteiger partial charge on any atom is -0.382 e. The normalized spacial score (nSPS) is 11.2. The van der Waals surface area contributed by atoms with E-state index in [1.807, 2.05) is 0 Å². The SMILES string of the molecule is CC(C)(CNc1cn[nH]c(=O)c1Br)C(N)=O. The molecular formula is C9H13BrN4O2. The Labute approximate surface area is 101 Å². The number of aromatic amines is 1. The van der Waals surface area contributed by atoms with Gasteiger partial charge in [-0.2, -0.15) is 5.10 Å². The topological polar surface area (TPSA) is 101 Å². The maximum absolute atomic E-state index is 11.2. The van der Waals surface area contributed by atoms with E-state index >= 15 is 0 Å². The van der Waals surface area contributed by atoms with Crippen LogP contribution in [0.15, 0.2) is 15.5 Å². The summed E-state index contributed by atoms with van der Waals surface area (Å²) in [7, 11) is 0. The van der Waals surface area contributed by atoms with Crippen LogP contribution in [0, 0.1) is 5.41 Å². The first-order chi connectivity index (χ1) is 7.34. The van der Waals surface area contributed by atoms with Crippen molar-refractivity contribution in [3.8, 4) is 0 Å². The molecule has 1 amide bonds. The number of primary amides is 1. The Hall–Kier alpha value is -1.37. The molecule has 0 bridgehead atoms. The summed E-state index contributed by atoms with van der Waals surface area (Å²) in [6.45, 7) is 3.76. The number of amides is 1. The predicted octanol–water partition coefficient (Wildman–Crippen LogP) is 0.456. The first-order valence-electron chi connectivity index (χ1n) is 4.61. The molecule has 0 aromatic carbocycles. The van der Waals surface area contributed by atoms with Gasteiger partial charge in [-0.15, -0.1) is 0 Å². The van der Waals surface area contributed by atoms with Gasteiger partial charge >= 0.3 is 0 Å². The third-order valence-electron chi connectivity index (χ3n) is 2.18. The largest absolute Gasteiger partial charge is 0.382 e. The summed E-state index contributed by atoms with van der Waals surface area (Å²) in [6.07, 6.45) is 1.46. The number of hydrogen-bond donors (Lipinski definition) is 3. The van der Waals surface area contributed by atoms with Crippen LogP contribution in [0.4, 0.5) is 5.69 Å². The summed E-state index contributed by atoms with van der Waals surface area (Å²) >= 11 is 3.12. The summed E-state index contributed by atoms with van der Waals surface area (Å²) in [5.41, 5.74) is 4.73. The van der Waals surface area contributed by atoms with Crippen LogP contribution in [0.2, 0.25) is 0 Å². The van der Waals surface area contributed by atoms with Crippen LogP contribution in [0.1, 0.15) is 13.8 Å². The first kappa shape index (κ1) is 12.7. The molecule has 1 aromatic rings. The summed E-state index contributed by atoms with van der Waals surface area (Å²) in [4.78, 5) is 22.3. The number of nitrogens with two attached hydrogens (primary N) is 1. The highest BCUT2D eigenvalue weighted by atomic mass is 79.9. The van der Waals surface area contributed by atoms with Crippen molar-refractivity contribution < 1.29 is 4.79 Å². The lowest BCUT2D eigenvalue weighted by molar-refractivity contribution is -0.125. The average Bonchev–Trinajstić information content (AvgIpc) is 2.20. The molecule has 0 radical (unpaired) electrons. The number of hydrogen-bond acceptors (Lipinski definition) is 4. The Bertz CT molecular complexity index is 455. The molecule has 0 spiro atoms. The number of carbonyl (C=O) groups excluding carboxylic acids is 1. The van der Waals surface area contributed by atoms with E-state index in [1.54, 1.807) is 13.8 Å². The van der Waals surface area contributed by atoms with E-state index in [2.05, 4.69) is 31.4 Å². The van der Waals surface area contributed by atoms with Crippen LogP contribution in [0.25, 0.3) is 0 Å². The van der Waals surface area contributed by atoms with Gasteiger partial charge in [0.1, 0.15) is 4.47 Å². The van der Waals surface area contributed by atoms with Gasteiger partial charge in [0.25, 0.3) is 5.56 Å². The van der Waals surface area contributed by atoms with Crippen LogP contribution in [0.3, 0.4) is 0 Å². The van der Waals surface area contributed by atoms with E-state index < -0.39 is 11.3 Å². The Morgan fingerprint density at radius 3 is 2.88 bits per heavy atom. The van der Waals surface area contributed by atoms with Crippen molar-refractivity contribution in [1.82, 2.24) is 10.2 Å². The average molecular weight is 289 g/mol. The van der Waals surface area contributed by atoms with Crippen molar-refractivity contribution in [2.24, 2.45) is 11.1 Å². The lowest BCUT2D eigenvalue weighted by Gasteiger charge is -2.21. The van der Waals surface area contributed by atoms with Crippen molar-refractivity contribution in [2.45, 2.75) is 13.8 Å². The van der Waals surface area contributed by atoms with E-state index in [1.165, 1.54) is 6.20 Å². The highest BCUT2D eigenvalue weighted by Gasteiger charge is 2.24. The van der Waals surface area contributed by atoms with Gasteiger partial charge in [0, 0.05) is 6.54 Å². The zero-order valence-corrected chi connectivity index (χ0v) is 10.6. The lowest BCUT2D eigenvalue weighted by atomic mass is 9.93. The highest BCUT2D eigenvalue weighted by molar-refractivity contribution is 9.10. The first-order valence-corrected chi connectivity index (χ1v) is 5.41. The molecule has 88 valence electrons. The number of aromatic nitrogens is 2. The van der Waals surface area contributed by atoms with Gasteiger partial charge in [-0.3, -0.25) is 9.59 Å². The number of H-pyrrole nitrogens is 1. The molecule has 1 rings (SSSR count). The third kappa shape index (κ3) is 2.82. The second kappa shape index (κ2) is 4.65. The smallest absolute Gasteiger partial charge is 0.280 e. The van der Waals surface area contributed by atoms with Crippen LogP contribution >= 0.6 is 15.9 Å². The maximum Gasteiger partial charge on any atom is 0.280 e. The number of nitrogens with one attached hydrogen (secondary N) is 2. The molecule has 0 aliphatic carbocycles. The van der Waals surface area contributed by atoms with Gasteiger partial charge < -0.3 is 11.1 Å². The molecule has 0 aliphatic heterocycles. The molecule has 16 heavy (non-hydrogen) atoms. The lowest BCUT2D eigenvalue weighted by Crippen LogP contribution is -2.37. The molecule has 1 aromatic heterocycles. The molecule has 0 aliphatic rings. The second-order valence-electron chi connectivity index (χ2n) is 4.03. The van der Waals surface area contributed by atoms with Crippen molar-refractivity contribution >= 4 is 27.5 Å². The monoisotopic (exact) mass is 288 g/mol. The Morgan fingerprint density at radius 1 is 1.69 bits per heavy atom. The predicted molar refractivity (Wildman–Crippen MR) is 64.0 cm³/mol. The molecular weight excluding hydrogens is 276 g/mol. The maximum atomic E-state index is 11.2. The highest BCUT2D eigenvalue weighted by Crippen LogP contribution is 2.19. The molecule has 1 heterocycles. The summed E-state index contributed by atoms with van der Waals surface area (Å²) in [6, 6.07) is 0. The fourth-order valence-electron chi connectivity index (χ4n) is 0.910. The summed E-state index contributed by atoms with van der Waals surface area (Å²) in [5, 5.41) is 8.87. The number of carbonyl (C=O) groups is 1. The molecule has 0 atom stereocenters. The van der Waals surface area contributed by atoms with Crippen LogP contribution in [0.5, 0.6) is 0 Å². The molecule has 7 heteroatoms. The zero-order chi connectivity index (χ0) is 12.3. The minimum atomic E-state index is -0.692. The van der Waals surface area contributed by atoms with E-state index in [9.17, 15) is 9.59 Å². The van der Waals surface area contributed by atoms with Gasteiger partial charge in [0.05, 0.1) is 17.3 Å². The van der Waals surface area contributed by atoms with Crippen LogP contribution in [-0.2, 0) is 4.79 Å². The Morgan fingerprint density at radius 2 is 2.31 bits per heavy atom. The quantitative estimate of drug-likeness (QED) is 0.749. The van der Waals surface area contributed by atoms with Crippen molar-refractivity contribution in [2.75, 3.05) is 11.9 Å². The molecule has 4 N–H and O–H groups in total. The van der Waals surface area contributed by atoms with E-state index in [0.717, 1.165) is 0 Å². The van der Waals surface area contributed by atoms with E-state index in [4.69, 9.17) is 5.73 Å². The molecule has 0 unspecified atom stereocenters. The van der Waals surface area contributed by atoms with Crippen molar-refractivity contribution in [3.63, 3.8) is 0 Å². The van der Waals surface area contributed by atoms with Gasteiger partial charge in [-0.05, 0) is 29.8 Å². The van der Waals surface area contributed by atoms with Gasteiger partial charge in [0.15, 0.2) is 0 Å². The summed E-state index contributed by atoms with van der Waals surface area (Å²) in [5.74, 6) is -0.408. The molecule has 0 saturated heterocycles. The van der Waals surface area contributed by atoms with Crippen LogP contribution < -0.4 is 16.6 Å². The molecule has 0 fully saturated rings. The van der Waals surface area contributed by atoms with Gasteiger partial charge in [0.2, 0.25) is 5.91 Å². The fourth-order valence-corrected chi connectivity index (χ4v) is 1.24. The second-order valence-corrected chi connectivity index (χ2v) is 4.82. The molecule has 6 nitrogen and oxygen atoms in total. The van der Waals surface area contributed by atoms with Gasteiger partial charge in [-0.25, -0.2) is 5.10 Å². The van der Waals surface area contributed by atoms with E-state index in [-0.39, 0.29) is 5.56 Å². The zero-order valence-electron chi connectivity index (χ0n) is 9.00. The van der Waals surface area contributed by atoms with E-state index in [0.29, 0.717) is 16.7 Å².